The first kappa shape index (κ1) is 21.9. The molecule has 0 saturated carbocycles. The fourth-order valence-corrected chi connectivity index (χ4v) is 3.60. The van der Waals surface area contributed by atoms with Crippen LogP contribution in [0.15, 0.2) is 48.0 Å². The van der Waals surface area contributed by atoms with E-state index < -0.39 is 0 Å². The standard InChI is InChI=1S/C23H34N6O/c1-2-25-23(26-12-6-15-29-14-5-3-4-7-22(29)30)27-17-20-8-10-21(11-9-20)18-28-16-13-24-19-28/h8-11,13,16,19H,2-7,12,14-15,17-18H2,1H3,(H2,25,26,27). The molecule has 1 aliphatic rings. The Balaban J connectivity index is 1.43. The number of carbonyl (C=O) groups is 1. The average molecular weight is 411 g/mol. The molecule has 0 bridgehead atoms. The maximum absolute atomic E-state index is 12.1. The van der Waals surface area contributed by atoms with Crippen molar-refractivity contribution in [1.29, 1.82) is 0 Å². The van der Waals surface area contributed by atoms with Crippen molar-refractivity contribution in [3.05, 3.63) is 54.1 Å². The van der Waals surface area contributed by atoms with Crippen LogP contribution in [0, 0.1) is 0 Å². The number of aliphatic imine (C=N–C) groups is 1. The largest absolute Gasteiger partial charge is 0.357 e. The quantitative estimate of drug-likeness (QED) is 0.379. The van der Waals surface area contributed by atoms with Gasteiger partial charge in [0.1, 0.15) is 0 Å². The number of nitrogens with zero attached hydrogens (tertiary/aromatic N) is 4. The maximum atomic E-state index is 12.1. The molecule has 2 aromatic rings. The van der Waals surface area contributed by atoms with Gasteiger partial charge in [-0.1, -0.05) is 30.7 Å². The Morgan fingerprint density at radius 1 is 1.13 bits per heavy atom. The first-order valence-corrected chi connectivity index (χ1v) is 11.1. The maximum Gasteiger partial charge on any atom is 0.222 e. The Labute approximate surface area is 179 Å². The highest BCUT2D eigenvalue weighted by atomic mass is 16.2. The summed E-state index contributed by atoms with van der Waals surface area (Å²) in [5, 5.41) is 6.69. The molecule has 1 saturated heterocycles. The van der Waals surface area contributed by atoms with Gasteiger partial charge < -0.3 is 20.1 Å². The first-order valence-electron chi connectivity index (χ1n) is 11.1. The summed E-state index contributed by atoms with van der Waals surface area (Å²) in [6.07, 6.45) is 10.6. The number of nitrogens with one attached hydrogen (secondary N) is 2. The molecule has 1 aliphatic heterocycles. The van der Waals surface area contributed by atoms with Crippen molar-refractivity contribution in [3.63, 3.8) is 0 Å². The van der Waals surface area contributed by atoms with Crippen molar-refractivity contribution < 1.29 is 4.79 Å². The van der Waals surface area contributed by atoms with Gasteiger partial charge >= 0.3 is 0 Å². The monoisotopic (exact) mass is 410 g/mol. The number of hydrogen-bond donors (Lipinski definition) is 2. The SMILES string of the molecule is CCNC(=NCc1ccc(Cn2ccnc2)cc1)NCCCN1CCCCCC1=O. The Hall–Kier alpha value is -2.83. The molecule has 7 nitrogen and oxygen atoms in total. The zero-order valence-electron chi connectivity index (χ0n) is 18.0. The molecule has 1 amide bonds. The van der Waals surface area contributed by atoms with E-state index in [1.807, 2.05) is 17.4 Å². The lowest BCUT2D eigenvalue weighted by Crippen LogP contribution is -2.39. The summed E-state index contributed by atoms with van der Waals surface area (Å²) in [7, 11) is 0. The summed E-state index contributed by atoms with van der Waals surface area (Å²) in [5.41, 5.74) is 2.42. The minimum Gasteiger partial charge on any atom is -0.357 e. The number of imidazole rings is 1. The van der Waals surface area contributed by atoms with Crippen LogP contribution in [0.1, 0.15) is 50.2 Å². The Morgan fingerprint density at radius 2 is 1.97 bits per heavy atom. The van der Waals surface area contributed by atoms with Crippen LogP contribution in [0.25, 0.3) is 0 Å². The third-order valence-electron chi connectivity index (χ3n) is 5.28. The van der Waals surface area contributed by atoms with Gasteiger partial charge in [-0.25, -0.2) is 9.98 Å². The van der Waals surface area contributed by atoms with E-state index in [1.54, 1.807) is 6.20 Å². The highest BCUT2D eigenvalue weighted by Gasteiger charge is 2.15. The number of benzene rings is 1. The van der Waals surface area contributed by atoms with Gasteiger partial charge in [0.15, 0.2) is 5.96 Å². The molecule has 7 heteroatoms. The zero-order chi connectivity index (χ0) is 21.0. The second kappa shape index (κ2) is 12.0. The van der Waals surface area contributed by atoms with Crippen LogP contribution in [-0.4, -0.2) is 52.5 Å². The summed E-state index contributed by atoms with van der Waals surface area (Å²) >= 11 is 0. The van der Waals surface area contributed by atoms with E-state index in [1.165, 1.54) is 17.5 Å². The lowest BCUT2D eigenvalue weighted by molar-refractivity contribution is -0.130. The third kappa shape index (κ3) is 7.21. The van der Waals surface area contributed by atoms with E-state index >= 15 is 0 Å². The van der Waals surface area contributed by atoms with Crippen LogP contribution in [0.3, 0.4) is 0 Å². The average Bonchev–Trinajstić information content (AvgIpc) is 3.18. The number of rotatable bonds is 9. The second-order valence-corrected chi connectivity index (χ2v) is 7.72. The molecule has 0 atom stereocenters. The minimum absolute atomic E-state index is 0.310. The van der Waals surface area contributed by atoms with Crippen molar-refractivity contribution in [1.82, 2.24) is 25.1 Å². The Kier molecular flexibility index (Phi) is 8.75. The normalized spacial score (nSPS) is 15.2. The predicted octanol–water partition coefficient (Wildman–Crippen LogP) is 2.78. The van der Waals surface area contributed by atoms with Gasteiger partial charge in [-0.2, -0.15) is 0 Å². The fourth-order valence-electron chi connectivity index (χ4n) is 3.60. The van der Waals surface area contributed by atoms with E-state index in [4.69, 9.17) is 4.99 Å². The molecule has 1 aromatic heterocycles. The second-order valence-electron chi connectivity index (χ2n) is 7.72. The zero-order valence-corrected chi connectivity index (χ0v) is 18.0. The van der Waals surface area contributed by atoms with E-state index in [0.717, 1.165) is 57.9 Å². The molecule has 0 unspecified atom stereocenters. The number of amides is 1. The molecular formula is C23H34N6O. The molecule has 3 rings (SSSR count). The molecular weight excluding hydrogens is 376 g/mol. The highest BCUT2D eigenvalue weighted by Crippen LogP contribution is 2.11. The van der Waals surface area contributed by atoms with E-state index in [0.29, 0.717) is 18.9 Å². The van der Waals surface area contributed by atoms with Crippen LogP contribution in [0.2, 0.25) is 0 Å². The molecule has 1 aromatic carbocycles. The molecule has 0 radical (unpaired) electrons. The van der Waals surface area contributed by atoms with Gasteiger partial charge in [0.25, 0.3) is 0 Å². The topological polar surface area (TPSA) is 74.6 Å². The van der Waals surface area contributed by atoms with Gasteiger partial charge in [0.05, 0.1) is 12.9 Å². The fraction of sp³-hybridized carbons (Fsp3) is 0.522. The van der Waals surface area contributed by atoms with Crippen LogP contribution in [-0.2, 0) is 17.9 Å². The molecule has 0 aliphatic carbocycles. The Morgan fingerprint density at radius 3 is 2.73 bits per heavy atom. The van der Waals surface area contributed by atoms with Crippen molar-refractivity contribution >= 4 is 11.9 Å². The lowest BCUT2D eigenvalue weighted by Gasteiger charge is -2.20. The van der Waals surface area contributed by atoms with Gasteiger partial charge in [-0.05, 0) is 37.3 Å². The number of aromatic nitrogens is 2. The van der Waals surface area contributed by atoms with Gasteiger partial charge in [0, 0.05) is 51.5 Å². The number of carbonyl (C=O) groups excluding carboxylic acids is 1. The van der Waals surface area contributed by atoms with Gasteiger partial charge in [0.2, 0.25) is 5.91 Å². The van der Waals surface area contributed by atoms with Gasteiger partial charge in [-0.15, -0.1) is 0 Å². The first-order chi connectivity index (χ1) is 14.7. The number of likely N-dealkylation sites (tertiary alicyclic amines) is 1. The molecule has 2 heterocycles. The number of guanidine groups is 1. The molecule has 0 spiro atoms. The van der Waals surface area contributed by atoms with Crippen LogP contribution in [0.5, 0.6) is 0 Å². The number of hydrogen-bond acceptors (Lipinski definition) is 3. The minimum atomic E-state index is 0.310. The third-order valence-corrected chi connectivity index (χ3v) is 5.28. The Bertz CT molecular complexity index is 785. The molecule has 162 valence electrons. The highest BCUT2D eigenvalue weighted by molar-refractivity contribution is 5.79. The van der Waals surface area contributed by atoms with E-state index in [9.17, 15) is 4.79 Å². The molecule has 1 fully saturated rings. The van der Waals surface area contributed by atoms with E-state index in [2.05, 4.69) is 51.4 Å². The summed E-state index contributed by atoms with van der Waals surface area (Å²) in [5.74, 6) is 1.13. The van der Waals surface area contributed by atoms with Crippen molar-refractivity contribution in [2.75, 3.05) is 26.2 Å². The van der Waals surface area contributed by atoms with Crippen LogP contribution < -0.4 is 10.6 Å². The van der Waals surface area contributed by atoms with Crippen LogP contribution in [0.4, 0.5) is 0 Å². The van der Waals surface area contributed by atoms with Crippen molar-refractivity contribution in [3.8, 4) is 0 Å². The van der Waals surface area contributed by atoms with Gasteiger partial charge in [-0.3, -0.25) is 4.79 Å². The van der Waals surface area contributed by atoms with E-state index in [-0.39, 0.29) is 0 Å². The molecule has 30 heavy (non-hydrogen) atoms. The summed E-state index contributed by atoms with van der Waals surface area (Å²) in [6, 6.07) is 8.54. The lowest BCUT2D eigenvalue weighted by atomic mass is 10.1. The predicted molar refractivity (Wildman–Crippen MR) is 120 cm³/mol. The van der Waals surface area contributed by atoms with Crippen molar-refractivity contribution in [2.45, 2.75) is 52.1 Å². The molecule has 2 N–H and O–H groups in total. The summed E-state index contributed by atoms with van der Waals surface area (Å²) in [6.45, 7) is 6.88. The smallest absolute Gasteiger partial charge is 0.222 e. The van der Waals surface area contributed by atoms with Crippen LogP contribution >= 0.6 is 0 Å². The summed E-state index contributed by atoms with van der Waals surface area (Å²) < 4.78 is 2.06. The summed E-state index contributed by atoms with van der Waals surface area (Å²) in [4.78, 5) is 22.9. The van der Waals surface area contributed by atoms with Crippen molar-refractivity contribution in [2.24, 2.45) is 4.99 Å².